The number of hydrogen-bond acceptors (Lipinski definition) is 4. The van der Waals surface area contributed by atoms with Crippen molar-refractivity contribution in [3.8, 4) is 0 Å². The zero-order valence-electron chi connectivity index (χ0n) is 15.1. The van der Waals surface area contributed by atoms with Crippen LogP contribution in [-0.4, -0.2) is 57.4 Å². The maximum atomic E-state index is 5.54. The van der Waals surface area contributed by atoms with Crippen LogP contribution >= 0.6 is 12.2 Å². The Morgan fingerprint density at radius 3 is 2.72 bits per heavy atom. The summed E-state index contributed by atoms with van der Waals surface area (Å²) >= 11 is 5.54. The Kier molecular flexibility index (Phi) is 6.09. The third-order valence-corrected chi connectivity index (χ3v) is 4.95. The summed E-state index contributed by atoms with van der Waals surface area (Å²) in [5.74, 6) is 1.03. The number of thiocarbonyl (C=S) groups is 1. The maximum absolute atomic E-state index is 5.54. The third-order valence-electron chi connectivity index (χ3n) is 4.55. The van der Waals surface area contributed by atoms with Crippen LogP contribution in [0.15, 0.2) is 28.9 Å². The van der Waals surface area contributed by atoms with E-state index in [1.54, 1.807) is 6.26 Å². The zero-order chi connectivity index (χ0) is 17.6. The summed E-state index contributed by atoms with van der Waals surface area (Å²) < 4.78 is 7.48. The number of furan rings is 1. The minimum Gasteiger partial charge on any atom is -0.468 e. The highest BCUT2D eigenvalue weighted by molar-refractivity contribution is 7.80. The van der Waals surface area contributed by atoms with Gasteiger partial charge in [0.1, 0.15) is 5.76 Å². The Labute approximate surface area is 154 Å². The van der Waals surface area contributed by atoms with Crippen molar-refractivity contribution >= 4 is 17.3 Å². The Morgan fingerprint density at radius 1 is 1.28 bits per heavy atom. The molecule has 0 aromatic carbocycles. The SMILES string of the molecule is Cc1cc(C)n(CCCNC(=S)N2CCN(Cc3ccco3)CC2)n1. The van der Waals surface area contributed by atoms with Gasteiger partial charge in [0.15, 0.2) is 5.11 Å². The molecule has 0 amide bonds. The van der Waals surface area contributed by atoms with Crippen LogP contribution in [0.2, 0.25) is 0 Å². The van der Waals surface area contributed by atoms with Crippen molar-refractivity contribution < 1.29 is 4.42 Å². The first-order chi connectivity index (χ1) is 12.1. The fourth-order valence-electron chi connectivity index (χ4n) is 3.17. The number of aryl methyl sites for hydroxylation is 3. The molecular formula is C18H27N5OS. The minimum atomic E-state index is 0.867. The molecule has 0 atom stereocenters. The van der Waals surface area contributed by atoms with E-state index in [9.17, 15) is 0 Å². The van der Waals surface area contributed by atoms with E-state index in [1.807, 2.05) is 19.1 Å². The first-order valence-corrected chi connectivity index (χ1v) is 9.31. The van der Waals surface area contributed by atoms with Gasteiger partial charge in [0.05, 0.1) is 18.5 Å². The van der Waals surface area contributed by atoms with Crippen LogP contribution in [0.3, 0.4) is 0 Å². The van der Waals surface area contributed by atoms with Crippen LogP contribution in [0.1, 0.15) is 23.6 Å². The lowest BCUT2D eigenvalue weighted by atomic mass is 10.3. The highest BCUT2D eigenvalue weighted by Crippen LogP contribution is 2.09. The molecule has 1 aliphatic heterocycles. The van der Waals surface area contributed by atoms with Crippen molar-refractivity contribution in [3.63, 3.8) is 0 Å². The number of hydrogen-bond donors (Lipinski definition) is 1. The van der Waals surface area contributed by atoms with Gasteiger partial charge in [-0.25, -0.2) is 0 Å². The normalized spacial score (nSPS) is 15.5. The van der Waals surface area contributed by atoms with Crippen LogP contribution in [0.25, 0.3) is 0 Å². The zero-order valence-corrected chi connectivity index (χ0v) is 15.9. The van der Waals surface area contributed by atoms with Crippen molar-refractivity contribution in [1.29, 1.82) is 0 Å². The molecule has 1 aliphatic rings. The molecule has 25 heavy (non-hydrogen) atoms. The average molecular weight is 362 g/mol. The Bertz CT molecular complexity index is 674. The van der Waals surface area contributed by atoms with Gasteiger partial charge >= 0.3 is 0 Å². The highest BCUT2D eigenvalue weighted by Gasteiger charge is 2.19. The summed E-state index contributed by atoms with van der Waals surface area (Å²) in [6, 6.07) is 6.08. The monoisotopic (exact) mass is 361 g/mol. The van der Waals surface area contributed by atoms with Crippen molar-refractivity contribution in [2.24, 2.45) is 0 Å². The molecule has 6 nitrogen and oxygen atoms in total. The van der Waals surface area contributed by atoms with Crippen LogP contribution < -0.4 is 5.32 Å². The van der Waals surface area contributed by atoms with Crippen molar-refractivity contribution in [3.05, 3.63) is 41.6 Å². The highest BCUT2D eigenvalue weighted by atomic mass is 32.1. The molecule has 2 aromatic heterocycles. The number of piperazine rings is 1. The summed E-state index contributed by atoms with van der Waals surface area (Å²) in [6.07, 6.45) is 2.75. The summed E-state index contributed by atoms with van der Waals surface area (Å²) in [5, 5.41) is 8.74. The molecule has 3 heterocycles. The maximum Gasteiger partial charge on any atom is 0.169 e. The number of nitrogens with one attached hydrogen (secondary N) is 1. The smallest absolute Gasteiger partial charge is 0.169 e. The van der Waals surface area contributed by atoms with Crippen LogP contribution in [-0.2, 0) is 13.1 Å². The second-order valence-electron chi connectivity index (χ2n) is 6.58. The van der Waals surface area contributed by atoms with E-state index in [2.05, 4.69) is 37.9 Å². The molecule has 2 aromatic rings. The molecule has 1 saturated heterocycles. The Balaban J connectivity index is 1.33. The molecule has 0 saturated carbocycles. The molecule has 7 heteroatoms. The fraction of sp³-hybridized carbons (Fsp3) is 0.556. The van der Waals surface area contributed by atoms with E-state index in [0.29, 0.717) is 0 Å². The van der Waals surface area contributed by atoms with Crippen LogP contribution in [0.5, 0.6) is 0 Å². The van der Waals surface area contributed by atoms with E-state index >= 15 is 0 Å². The van der Waals surface area contributed by atoms with E-state index in [0.717, 1.165) is 68.8 Å². The van der Waals surface area contributed by atoms with E-state index < -0.39 is 0 Å². The molecular weight excluding hydrogens is 334 g/mol. The molecule has 1 N–H and O–H groups in total. The van der Waals surface area contributed by atoms with Crippen molar-refractivity contribution in [2.75, 3.05) is 32.7 Å². The molecule has 0 bridgehead atoms. The topological polar surface area (TPSA) is 49.5 Å². The summed E-state index contributed by atoms with van der Waals surface area (Å²) in [5.41, 5.74) is 2.29. The lowest BCUT2D eigenvalue weighted by Crippen LogP contribution is -2.51. The Morgan fingerprint density at radius 2 is 2.08 bits per heavy atom. The predicted octanol–water partition coefficient (Wildman–Crippen LogP) is 2.18. The van der Waals surface area contributed by atoms with E-state index in [4.69, 9.17) is 16.6 Å². The molecule has 136 valence electrons. The van der Waals surface area contributed by atoms with Crippen LogP contribution in [0, 0.1) is 13.8 Å². The van der Waals surface area contributed by atoms with Gasteiger partial charge in [0.2, 0.25) is 0 Å². The van der Waals surface area contributed by atoms with E-state index in [-0.39, 0.29) is 0 Å². The van der Waals surface area contributed by atoms with Gasteiger partial charge in [-0.15, -0.1) is 0 Å². The second-order valence-corrected chi connectivity index (χ2v) is 6.96. The average Bonchev–Trinajstić information content (AvgIpc) is 3.21. The second kappa shape index (κ2) is 8.49. The van der Waals surface area contributed by atoms with Gasteiger partial charge in [0.25, 0.3) is 0 Å². The standard InChI is InChI=1S/C18H27N5OS/c1-15-13-16(2)23(20-15)7-4-6-19-18(25)22-10-8-21(9-11-22)14-17-5-3-12-24-17/h3,5,12-13H,4,6-11,14H2,1-2H3,(H,19,25). The first-order valence-electron chi connectivity index (χ1n) is 8.90. The fourth-order valence-corrected chi connectivity index (χ4v) is 3.45. The molecule has 1 fully saturated rings. The predicted molar refractivity (Wildman–Crippen MR) is 102 cm³/mol. The summed E-state index contributed by atoms with van der Waals surface area (Å²) in [6.45, 7) is 10.7. The van der Waals surface area contributed by atoms with Gasteiger partial charge in [-0.2, -0.15) is 5.10 Å². The number of aromatic nitrogens is 2. The Hall–Kier alpha value is -1.86. The van der Waals surface area contributed by atoms with Crippen molar-refractivity contribution in [1.82, 2.24) is 24.9 Å². The van der Waals surface area contributed by atoms with Crippen LogP contribution in [0.4, 0.5) is 0 Å². The van der Waals surface area contributed by atoms with Gasteiger partial charge in [-0.1, -0.05) is 0 Å². The summed E-state index contributed by atoms with van der Waals surface area (Å²) in [4.78, 5) is 4.66. The van der Waals surface area contributed by atoms with E-state index in [1.165, 1.54) is 5.69 Å². The molecule has 0 aliphatic carbocycles. The molecule has 0 radical (unpaired) electrons. The number of rotatable bonds is 6. The lowest BCUT2D eigenvalue weighted by Gasteiger charge is -2.35. The first kappa shape index (κ1) is 17.9. The summed E-state index contributed by atoms with van der Waals surface area (Å²) in [7, 11) is 0. The number of nitrogens with zero attached hydrogens (tertiary/aromatic N) is 4. The minimum absolute atomic E-state index is 0.867. The molecule has 0 spiro atoms. The molecule has 0 unspecified atom stereocenters. The van der Waals surface area contributed by atoms with Crippen molar-refractivity contribution in [2.45, 2.75) is 33.4 Å². The molecule has 3 rings (SSSR count). The third kappa shape index (κ3) is 5.06. The lowest BCUT2D eigenvalue weighted by molar-refractivity contribution is 0.164. The van der Waals surface area contributed by atoms with Gasteiger partial charge in [0, 0.05) is 45.0 Å². The van der Waals surface area contributed by atoms with Gasteiger partial charge in [-0.3, -0.25) is 9.58 Å². The van der Waals surface area contributed by atoms with Gasteiger partial charge in [-0.05, 0) is 50.7 Å². The quantitative estimate of drug-likeness (QED) is 0.629. The van der Waals surface area contributed by atoms with Gasteiger partial charge < -0.3 is 14.6 Å². The largest absolute Gasteiger partial charge is 0.468 e.